The molecule has 19 heavy (non-hydrogen) atoms. The van der Waals surface area contributed by atoms with Crippen LogP contribution in [0.5, 0.6) is 0 Å². The first kappa shape index (κ1) is 13.8. The van der Waals surface area contributed by atoms with Crippen molar-refractivity contribution >= 4 is 17.8 Å². The van der Waals surface area contributed by atoms with Crippen LogP contribution in [0.1, 0.15) is 38.5 Å². The number of carbonyl (C=O) groups excluding carboxylic acids is 2. The molecule has 2 saturated carbocycles. The van der Waals surface area contributed by atoms with E-state index in [0.717, 1.165) is 25.7 Å². The van der Waals surface area contributed by atoms with E-state index < -0.39 is 17.9 Å². The second-order valence-corrected chi connectivity index (χ2v) is 5.54. The van der Waals surface area contributed by atoms with Crippen molar-refractivity contribution in [3.05, 3.63) is 0 Å². The normalized spacial score (nSPS) is 30.0. The molecule has 6 heteroatoms. The number of primary amides is 1. The van der Waals surface area contributed by atoms with E-state index in [1.54, 1.807) is 0 Å². The third kappa shape index (κ3) is 3.24. The van der Waals surface area contributed by atoms with Gasteiger partial charge in [0.05, 0.1) is 0 Å². The Labute approximate surface area is 111 Å². The van der Waals surface area contributed by atoms with Gasteiger partial charge in [-0.1, -0.05) is 12.8 Å². The Balaban J connectivity index is 1.85. The van der Waals surface area contributed by atoms with Crippen molar-refractivity contribution in [3.8, 4) is 0 Å². The van der Waals surface area contributed by atoms with Crippen molar-refractivity contribution < 1.29 is 19.5 Å². The van der Waals surface area contributed by atoms with E-state index in [1.807, 2.05) is 0 Å². The maximum Gasteiger partial charge on any atom is 0.326 e. The summed E-state index contributed by atoms with van der Waals surface area (Å²) < 4.78 is 0. The van der Waals surface area contributed by atoms with Gasteiger partial charge < -0.3 is 16.2 Å². The molecule has 2 aliphatic carbocycles. The molecule has 0 bridgehead atoms. The van der Waals surface area contributed by atoms with Gasteiger partial charge >= 0.3 is 5.97 Å². The monoisotopic (exact) mass is 268 g/mol. The summed E-state index contributed by atoms with van der Waals surface area (Å²) >= 11 is 0. The van der Waals surface area contributed by atoms with Crippen molar-refractivity contribution in [3.63, 3.8) is 0 Å². The lowest BCUT2D eigenvalue weighted by Gasteiger charge is -2.13. The fraction of sp³-hybridized carbons (Fsp3) is 0.769. The quantitative estimate of drug-likeness (QED) is 0.641. The minimum atomic E-state index is -1.11. The molecule has 0 spiro atoms. The highest BCUT2D eigenvalue weighted by Gasteiger charge is 2.55. The van der Waals surface area contributed by atoms with Crippen molar-refractivity contribution in [1.82, 2.24) is 5.32 Å². The summed E-state index contributed by atoms with van der Waals surface area (Å²) in [5, 5.41) is 11.6. The Hall–Kier alpha value is -1.59. The van der Waals surface area contributed by atoms with Crippen molar-refractivity contribution in [2.24, 2.45) is 23.5 Å². The fourth-order valence-electron chi connectivity index (χ4n) is 3.19. The second-order valence-electron chi connectivity index (χ2n) is 5.54. The molecule has 0 aromatic heterocycles. The molecule has 106 valence electrons. The number of carboxylic acids is 1. The molecule has 0 aromatic rings. The van der Waals surface area contributed by atoms with Crippen molar-refractivity contribution in [1.29, 1.82) is 0 Å². The van der Waals surface area contributed by atoms with Crippen LogP contribution in [-0.2, 0) is 14.4 Å². The van der Waals surface area contributed by atoms with Crippen molar-refractivity contribution in [2.75, 3.05) is 0 Å². The number of carbonyl (C=O) groups is 3. The first-order chi connectivity index (χ1) is 9.00. The summed E-state index contributed by atoms with van der Waals surface area (Å²) in [7, 11) is 0. The largest absolute Gasteiger partial charge is 0.480 e. The first-order valence-electron chi connectivity index (χ1n) is 6.82. The number of fused-ring (bicyclic) bond motifs is 1. The van der Waals surface area contributed by atoms with E-state index in [4.69, 9.17) is 10.8 Å². The average molecular weight is 268 g/mol. The molecule has 3 atom stereocenters. The zero-order valence-corrected chi connectivity index (χ0v) is 10.8. The highest BCUT2D eigenvalue weighted by atomic mass is 16.4. The smallest absolute Gasteiger partial charge is 0.326 e. The maximum atomic E-state index is 12.0. The van der Waals surface area contributed by atoms with Crippen LogP contribution in [0.2, 0.25) is 0 Å². The summed E-state index contributed by atoms with van der Waals surface area (Å²) in [4.78, 5) is 33.8. The molecule has 0 aromatic carbocycles. The van der Waals surface area contributed by atoms with Gasteiger partial charge in [-0.25, -0.2) is 4.79 Å². The molecule has 0 aliphatic heterocycles. The minimum Gasteiger partial charge on any atom is -0.480 e. The third-order valence-corrected chi connectivity index (χ3v) is 4.25. The predicted octanol–water partition coefficient (Wildman–Crippen LogP) is 0.257. The van der Waals surface area contributed by atoms with Crippen LogP contribution in [0, 0.1) is 17.8 Å². The first-order valence-corrected chi connectivity index (χ1v) is 6.82. The molecular formula is C13H20N2O4. The van der Waals surface area contributed by atoms with Gasteiger partial charge in [-0.3, -0.25) is 9.59 Å². The van der Waals surface area contributed by atoms with Gasteiger partial charge in [0.25, 0.3) is 0 Å². The number of nitrogens with two attached hydrogens (primary N) is 1. The van der Waals surface area contributed by atoms with Gasteiger partial charge in [0, 0.05) is 12.3 Å². The summed E-state index contributed by atoms with van der Waals surface area (Å²) in [6, 6.07) is -1.01. The number of amides is 2. The second kappa shape index (κ2) is 5.59. The third-order valence-electron chi connectivity index (χ3n) is 4.25. The molecule has 2 fully saturated rings. The SMILES string of the molecule is NC(=O)CC[C@H](NC(=O)C1C2CCCCC21)C(=O)O. The number of carboxylic acid groups (broad SMARTS) is 1. The Morgan fingerprint density at radius 2 is 1.79 bits per heavy atom. The topological polar surface area (TPSA) is 109 Å². The van der Waals surface area contributed by atoms with E-state index in [9.17, 15) is 14.4 Å². The lowest BCUT2D eigenvalue weighted by atomic mass is 10.0. The lowest BCUT2D eigenvalue weighted by molar-refractivity contribution is -0.142. The zero-order chi connectivity index (χ0) is 14.0. The highest BCUT2D eigenvalue weighted by molar-refractivity contribution is 5.87. The van der Waals surface area contributed by atoms with Crippen LogP contribution in [0.3, 0.4) is 0 Å². The Morgan fingerprint density at radius 3 is 2.26 bits per heavy atom. The molecule has 0 saturated heterocycles. The number of nitrogens with one attached hydrogen (secondary N) is 1. The van der Waals surface area contributed by atoms with E-state index in [0.29, 0.717) is 11.8 Å². The summed E-state index contributed by atoms with van der Waals surface area (Å²) in [5.41, 5.74) is 4.99. The molecular weight excluding hydrogens is 248 g/mol. The molecule has 6 nitrogen and oxygen atoms in total. The highest BCUT2D eigenvalue weighted by Crippen LogP contribution is 2.55. The fourth-order valence-corrected chi connectivity index (χ4v) is 3.19. The van der Waals surface area contributed by atoms with Gasteiger partial charge in [0.2, 0.25) is 11.8 Å². The molecule has 0 radical (unpaired) electrons. The van der Waals surface area contributed by atoms with E-state index in [1.165, 1.54) is 0 Å². The van der Waals surface area contributed by atoms with Crippen LogP contribution in [0.15, 0.2) is 0 Å². The zero-order valence-electron chi connectivity index (χ0n) is 10.8. The number of hydrogen-bond acceptors (Lipinski definition) is 3. The summed E-state index contributed by atoms with van der Waals surface area (Å²) in [6.45, 7) is 0. The molecule has 2 unspecified atom stereocenters. The van der Waals surface area contributed by atoms with Crippen LogP contribution < -0.4 is 11.1 Å². The Kier molecular flexibility index (Phi) is 4.07. The Morgan fingerprint density at radius 1 is 1.21 bits per heavy atom. The predicted molar refractivity (Wildman–Crippen MR) is 66.9 cm³/mol. The standard InChI is InChI=1S/C13H20N2O4/c14-10(16)6-5-9(13(18)19)15-12(17)11-7-3-1-2-4-8(7)11/h7-9,11H,1-6H2,(H2,14,16)(H,15,17)(H,18,19)/t7?,8?,9-,11?/m0/s1. The molecule has 2 rings (SSSR count). The number of aliphatic carboxylic acids is 1. The van der Waals surface area contributed by atoms with Crippen LogP contribution in [-0.4, -0.2) is 28.9 Å². The van der Waals surface area contributed by atoms with Gasteiger partial charge in [-0.2, -0.15) is 0 Å². The van der Waals surface area contributed by atoms with Crippen LogP contribution in [0.4, 0.5) is 0 Å². The van der Waals surface area contributed by atoms with Gasteiger partial charge in [0.15, 0.2) is 0 Å². The maximum absolute atomic E-state index is 12.0. The Bertz CT molecular complexity index is 384. The molecule has 4 N–H and O–H groups in total. The van der Waals surface area contributed by atoms with E-state index in [2.05, 4.69) is 5.32 Å². The van der Waals surface area contributed by atoms with Gasteiger partial charge in [0.1, 0.15) is 6.04 Å². The van der Waals surface area contributed by atoms with Gasteiger partial charge in [-0.05, 0) is 31.1 Å². The average Bonchev–Trinajstić information content (AvgIpc) is 3.07. The van der Waals surface area contributed by atoms with Crippen molar-refractivity contribution in [2.45, 2.75) is 44.6 Å². The summed E-state index contributed by atoms with van der Waals surface area (Å²) in [6.07, 6.45) is 4.49. The van der Waals surface area contributed by atoms with E-state index >= 15 is 0 Å². The number of rotatable bonds is 6. The molecule has 2 aliphatic rings. The van der Waals surface area contributed by atoms with Gasteiger partial charge in [-0.15, -0.1) is 0 Å². The van der Waals surface area contributed by atoms with Crippen LogP contribution >= 0.6 is 0 Å². The molecule has 0 heterocycles. The number of hydrogen-bond donors (Lipinski definition) is 3. The molecule has 2 amide bonds. The van der Waals surface area contributed by atoms with Crippen LogP contribution in [0.25, 0.3) is 0 Å². The van der Waals surface area contributed by atoms with E-state index in [-0.39, 0.29) is 24.7 Å². The minimum absolute atomic E-state index is 0.0158. The lowest BCUT2D eigenvalue weighted by Crippen LogP contribution is -2.42. The summed E-state index contributed by atoms with van der Waals surface area (Å²) in [5.74, 6) is -0.968.